The number of fused-ring (bicyclic) bond motifs is 1. The first-order chi connectivity index (χ1) is 9.16. The SMILES string of the molecule is CC.Cn1c(=O)[nH]c2nc(C3CCCC3)[nH]c2c1=O. The minimum absolute atomic E-state index is 0.319. The summed E-state index contributed by atoms with van der Waals surface area (Å²) in [4.78, 5) is 33.3. The van der Waals surface area contributed by atoms with Crippen molar-refractivity contribution in [3.8, 4) is 0 Å². The summed E-state index contributed by atoms with van der Waals surface area (Å²) in [6, 6.07) is 0. The van der Waals surface area contributed by atoms with Crippen LogP contribution in [0.25, 0.3) is 11.2 Å². The fraction of sp³-hybridized carbons (Fsp3) is 0.615. The van der Waals surface area contributed by atoms with E-state index in [-0.39, 0.29) is 5.56 Å². The van der Waals surface area contributed by atoms with Gasteiger partial charge in [0.1, 0.15) is 11.3 Å². The van der Waals surface area contributed by atoms with E-state index in [1.807, 2.05) is 13.8 Å². The summed E-state index contributed by atoms with van der Waals surface area (Å²) in [5.41, 5.74) is 0.0291. The van der Waals surface area contributed by atoms with Crippen LogP contribution >= 0.6 is 0 Å². The number of hydrogen-bond acceptors (Lipinski definition) is 3. The number of aromatic amines is 2. The van der Waals surface area contributed by atoms with Crippen LogP contribution in [0.3, 0.4) is 0 Å². The molecular weight excluding hydrogens is 244 g/mol. The van der Waals surface area contributed by atoms with Crippen molar-refractivity contribution in [3.63, 3.8) is 0 Å². The van der Waals surface area contributed by atoms with Gasteiger partial charge in [-0.3, -0.25) is 14.3 Å². The number of rotatable bonds is 1. The number of nitrogens with one attached hydrogen (secondary N) is 2. The number of nitrogens with zero attached hydrogens (tertiary/aromatic N) is 2. The highest BCUT2D eigenvalue weighted by molar-refractivity contribution is 5.68. The maximum atomic E-state index is 11.8. The van der Waals surface area contributed by atoms with Crippen molar-refractivity contribution in [1.82, 2.24) is 19.5 Å². The summed E-state index contributed by atoms with van der Waals surface area (Å²) in [5, 5.41) is 0. The first-order valence-electron chi connectivity index (χ1n) is 6.86. The Bertz CT molecular complexity index is 674. The molecule has 1 saturated carbocycles. The molecule has 104 valence electrons. The maximum absolute atomic E-state index is 11.8. The second-order valence-corrected chi connectivity index (χ2v) is 4.62. The van der Waals surface area contributed by atoms with Crippen LogP contribution in [-0.4, -0.2) is 19.5 Å². The Hall–Kier alpha value is -1.85. The van der Waals surface area contributed by atoms with E-state index in [0.29, 0.717) is 17.1 Å². The molecule has 0 radical (unpaired) electrons. The predicted molar refractivity (Wildman–Crippen MR) is 74.5 cm³/mol. The lowest BCUT2D eigenvalue weighted by molar-refractivity contribution is 0.681. The van der Waals surface area contributed by atoms with Crippen molar-refractivity contribution in [1.29, 1.82) is 0 Å². The molecule has 0 bridgehead atoms. The highest BCUT2D eigenvalue weighted by Gasteiger charge is 2.21. The van der Waals surface area contributed by atoms with Gasteiger partial charge in [0.15, 0.2) is 5.65 Å². The predicted octanol–water partition coefficient (Wildman–Crippen LogP) is 1.63. The zero-order valence-corrected chi connectivity index (χ0v) is 11.6. The van der Waals surface area contributed by atoms with Gasteiger partial charge in [0.2, 0.25) is 0 Å². The second-order valence-electron chi connectivity index (χ2n) is 4.62. The minimum Gasteiger partial charge on any atom is -0.336 e. The molecule has 1 aliphatic carbocycles. The van der Waals surface area contributed by atoms with E-state index in [0.717, 1.165) is 23.2 Å². The van der Waals surface area contributed by atoms with E-state index in [4.69, 9.17) is 0 Å². The zero-order chi connectivity index (χ0) is 14.0. The Morgan fingerprint density at radius 3 is 2.42 bits per heavy atom. The summed E-state index contributed by atoms with van der Waals surface area (Å²) in [6.45, 7) is 4.00. The van der Waals surface area contributed by atoms with E-state index in [1.165, 1.54) is 19.9 Å². The molecule has 2 aromatic rings. The third-order valence-electron chi connectivity index (χ3n) is 3.51. The summed E-state index contributed by atoms with van der Waals surface area (Å²) in [5.74, 6) is 1.23. The summed E-state index contributed by atoms with van der Waals surface area (Å²) in [7, 11) is 1.46. The van der Waals surface area contributed by atoms with Crippen LogP contribution in [0.2, 0.25) is 0 Å². The summed E-state index contributed by atoms with van der Waals surface area (Å²) >= 11 is 0. The van der Waals surface area contributed by atoms with Crippen LogP contribution in [0.1, 0.15) is 51.3 Å². The van der Waals surface area contributed by atoms with Crippen LogP contribution in [0.15, 0.2) is 9.59 Å². The van der Waals surface area contributed by atoms with Crippen molar-refractivity contribution >= 4 is 11.2 Å². The number of aromatic nitrogens is 4. The molecule has 2 aromatic heterocycles. The Kier molecular flexibility index (Phi) is 3.87. The summed E-state index contributed by atoms with van der Waals surface area (Å²) in [6.07, 6.45) is 4.61. The first-order valence-corrected chi connectivity index (χ1v) is 6.86. The van der Waals surface area contributed by atoms with Crippen LogP contribution in [0.4, 0.5) is 0 Å². The lowest BCUT2D eigenvalue weighted by Crippen LogP contribution is -2.32. The molecule has 0 amide bonds. The van der Waals surface area contributed by atoms with Crippen LogP contribution in [0, 0.1) is 0 Å². The Morgan fingerprint density at radius 1 is 1.16 bits per heavy atom. The van der Waals surface area contributed by atoms with Gasteiger partial charge < -0.3 is 4.98 Å². The van der Waals surface area contributed by atoms with Gasteiger partial charge in [0, 0.05) is 13.0 Å². The average Bonchev–Trinajstić information content (AvgIpc) is 3.06. The fourth-order valence-corrected chi connectivity index (χ4v) is 2.47. The van der Waals surface area contributed by atoms with E-state index in [9.17, 15) is 9.59 Å². The molecule has 0 saturated heterocycles. The third-order valence-corrected chi connectivity index (χ3v) is 3.51. The second kappa shape index (κ2) is 5.42. The molecule has 1 aliphatic rings. The highest BCUT2D eigenvalue weighted by Crippen LogP contribution is 2.32. The molecule has 6 heteroatoms. The van der Waals surface area contributed by atoms with Crippen molar-refractivity contribution < 1.29 is 0 Å². The Morgan fingerprint density at radius 2 is 1.79 bits per heavy atom. The molecule has 2 N–H and O–H groups in total. The summed E-state index contributed by atoms with van der Waals surface area (Å²) < 4.78 is 1.05. The van der Waals surface area contributed by atoms with Gasteiger partial charge >= 0.3 is 5.69 Å². The average molecular weight is 264 g/mol. The lowest BCUT2D eigenvalue weighted by atomic mass is 10.1. The van der Waals surface area contributed by atoms with E-state index in [2.05, 4.69) is 15.0 Å². The molecule has 3 rings (SSSR count). The van der Waals surface area contributed by atoms with E-state index >= 15 is 0 Å². The van der Waals surface area contributed by atoms with Crippen LogP contribution < -0.4 is 11.2 Å². The van der Waals surface area contributed by atoms with E-state index in [1.54, 1.807) is 0 Å². The molecule has 0 aromatic carbocycles. The standard InChI is InChI=1S/C11H14N4O2.C2H6/c1-15-10(16)7-9(14-11(15)17)13-8(12-7)6-4-2-3-5-6;1-2/h6H,2-5H2,1H3,(H,12,13)(H,14,17);1-2H3. The van der Waals surface area contributed by atoms with Gasteiger partial charge in [0.25, 0.3) is 5.56 Å². The molecule has 1 fully saturated rings. The monoisotopic (exact) mass is 264 g/mol. The fourth-order valence-electron chi connectivity index (χ4n) is 2.47. The van der Waals surface area contributed by atoms with Gasteiger partial charge in [-0.15, -0.1) is 0 Å². The normalized spacial score (nSPS) is 15.5. The van der Waals surface area contributed by atoms with Crippen LogP contribution in [-0.2, 0) is 7.05 Å². The zero-order valence-electron chi connectivity index (χ0n) is 11.6. The van der Waals surface area contributed by atoms with Gasteiger partial charge in [-0.1, -0.05) is 26.7 Å². The smallest absolute Gasteiger partial charge is 0.329 e. The topological polar surface area (TPSA) is 83.5 Å². The van der Waals surface area contributed by atoms with Crippen LogP contribution in [0.5, 0.6) is 0 Å². The number of hydrogen-bond donors (Lipinski definition) is 2. The molecular formula is C13H20N4O2. The van der Waals surface area contributed by atoms with Crippen molar-refractivity contribution in [2.45, 2.75) is 45.4 Å². The van der Waals surface area contributed by atoms with Gasteiger partial charge in [-0.05, 0) is 12.8 Å². The van der Waals surface area contributed by atoms with Gasteiger partial charge in [0.05, 0.1) is 0 Å². The molecule has 2 heterocycles. The molecule has 0 unspecified atom stereocenters. The van der Waals surface area contributed by atoms with E-state index < -0.39 is 5.69 Å². The Labute approximate surface area is 110 Å². The van der Waals surface area contributed by atoms with Gasteiger partial charge in [-0.2, -0.15) is 0 Å². The quantitative estimate of drug-likeness (QED) is 0.821. The Balaban J connectivity index is 0.000000637. The lowest BCUT2D eigenvalue weighted by Gasteiger charge is -2.02. The van der Waals surface area contributed by atoms with Gasteiger partial charge in [-0.25, -0.2) is 9.78 Å². The molecule has 0 aliphatic heterocycles. The van der Waals surface area contributed by atoms with Crippen molar-refractivity contribution in [3.05, 3.63) is 26.7 Å². The molecule has 6 nitrogen and oxygen atoms in total. The highest BCUT2D eigenvalue weighted by atomic mass is 16.2. The maximum Gasteiger partial charge on any atom is 0.329 e. The molecule has 19 heavy (non-hydrogen) atoms. The number of imidazole rings is 1. The largest absolute Gasteiger partial charge is 0.336 e. The first kappa shape index (κ1) is 13.6. The van der Waals surface area contributed by atoms with Crippen molar-refractivity contribution in [2.24, 2.45) is 7.05 Å². The minimum atomic E-state index is -0.424. The van der Waals surface area contributed by atoms with Crippen molar-refractivity contribution in [2.75, 3.05) is 0 Å². The third kappa shape index (κ3) is 2.34. The number of H-pyrrole nitrogens is 2. The molecule has 0 spiro atoms. The molecule has 0 atom stereocenters.